The zero-order valence-electron chi connectivity index (χ0n) is 10.5. The van der Waals surface area contributed by atoms with Crippen molar-refractivity contribution in [2.45, 2.75) is 25.6 Å². The molecule has 0 fully saturated rings. The molecule has 0 radical (unpaired) electrons. The van der Waals surface area contributed by atoms with Gasteiger partial charge in [-0.1, -0.05) is 0 Å². The van der Waals surface area contributed by atoms with E-state index in [2.05, 4.69) is 68.1 Å². The van der Waals surface area contributed by atoms with Gasteiger partial charge in [0.05, 0.1) is 0 Å². The van der Waals surface area contributed by atoms with Gasteiger partial charge in [-0.2, -0.15) is 0 Å². The summed E-state index contributed by atoms with van der Waals surface area (Å²) in [6.07, 6.45) is 6.85. The van der Waals surface area contributed by atoms with Crippen LogP contribution in [-0.2, 0) is 0 Å². The summed E-state index contributed by atoms with van der Waals surface area (Å²) in [5, 5.41) is 0. The van der Waals surface area contributed by atoms with Crippen LogP contribution in [0.4, 0.5) is 0 Å². The van der Waals surface area contributed by atoms with Crippen molar-refractivity contribution in [2.24, 2.45) is 5.41 Å². The molecule has 0 amide bonds. The predicted molar refractivity (Wildman–Crippen MR) is 74.3 cm³/mol. The van der Waals surface area contributed by atoms with Gasteiger partial charge in [-0.25, -0.2) is 0 Å². The van der Waals surface area contributed by atoms with Gasteiger partial charge in [-0.05, 0) is 0 Å². The summed E-state index contributed by atoms with van der Waals surface area (Å²) >= 11 is -1.45. The van der Waals surface area contributed by atoms with Crippen LogP contribution in [0, 0.1) is 5.41 Å². The number of fused-ring (bicyclic) bond motifs is 1. The molecule has 1 aromatic rings. The van der Waals surface area contributed by atoms with Crippen molar-refractivity contribution in [3.05, 3.63) is 45.5 Å². The van der Waals surface area contributed by atoms with Gasteiger partial charge in [-0.15, -0.1) is 0 Å². The van der Waals surface area contributed by atoms with Gasteiger partial charge in [0.1, 0.15) is 0 Å². The van der Waals surface area contributed by atoms with Crippen molar-refractivity contribution in [1.82, 2.24) is 0 Å². The summed E-state index contributed by atoms with van der Waals surface area (Å²) in [5.41, 5.74) is 1.75. The first-order valence-electron chi connectivity index (χ1n) is 5.72. The average Bonchev–Trinajstić information content (AvgIpc) is 2.38. The van der Waals surface area contributed by atoms with E-state index in [0.29, 0.717) is 5.41 Å². The Morgan fingerprint density at radius 3 is 2.44 bits per heavy atom. The molecule has 0 saturated heterocycles. The summed E-state index contributed by atoms with van der Waals surface area (Å²) in [6.45, 7) is 7.00. The fourth-order valence-corrected chi connectivity index (χ4v) is 9.08. The van der Waals surface area contributed by atoms with E-state index in [1.54, 1.807) is 7.03 Å². The van der Waals surface area contributed by atoms with E-state index in [1.807, 2.05) is 0 Å². The maximum atomic E-state index is 2.49. The third-order valence-corrected chi connectivity index (χ3v) is 10.6. The Labute approximate surface area is 106 Å². The molecule has 16 heavy (non-hydrogen) atoms. The fraction of sp³-hybridized carbons (Fsp3) is 0.333. The number of benzene rings is 1. The Morgan fingerprint density at radius 1 is 1.06 bits per heavy atom. The predicted octanol–water partition coefficient (Wildman–Crippen LogP) is 3.56. The summed E-state index contributed by atoms with van der Waals surface area (Å²) in [6, 6.07) is 8.89. The van der Waals surface area contributed by atoms with Crippen molar-refractivity contribution in [2.75, 3.05) is 0 Å². The molecule has 0 spiro atoms. The first-order chi connectivity index (χ1) is 7.50. The summed E-state index contributed by atoms with van der Waals surface area (Å²) in [7, 11) is 0. The first-order valence-corrected chi connectivity index (χ1v) is 10.8. The molecular weight excluding hydrogens is 302 g/mol. The van der Waals surface area contributed by atoms with Crippen molar-refractivity contribution < 1.29 is 0 Å². The monoisotopic (exact) mass is 320 g/mol. The van der Waals surface area contributed by atoms with Crippen molar-refractivity contribution >= 4 is 29.8 Å². The van der Waals surface area contributed by atoms with Crippen molar-refractivity contribution in [1.29, 1.82) is 0 Å². The maximum absolute atomic E-state index is 2.49. The Bertz CT molecular complexity index is 447. The zero-order chi connectivity index (χ0) is 11.8. The van der Waals surface area contributed by atoms with E-state index in [0.717, 1.165) is 0 Å². The SMILES string of the molecule is [CH3][Sb]1[C](C(C)(C)C)=CC=Cc2cccc[c]21. The van der Waals surface area contributed by atoms with Gasteiger partial charge in [0.25, 0.3) is 0 Å². The fourth-order valence-electron chi connectivity index (χ4n) is 2.17. The zero-order valence-corrected chi connectivity index (χ0v) is 13.0. The van der Waals surface area contributed by atoms with Crippen LogP contribution < -0.4 is 3.51 Å². The molecule has 0 atom stereocenters. The molecule has 0 bridgehead atoms. The van der Waals surface area contributed by atoms with Crippen LogP contribution in [0.1, 0.15) is 26.3 Å². The normalized spacial score (nSPS) is 16.6. The van der Waals surface area contributed by atoms with E-state index in [9.17, 15) is 0 Å². The van der Waals surface area contributed by atoms with E-state index >= 15 is 0 Å². The van der Waals surface area contributed by atoms with Crippen LogP contribution in [0.3, 0.4) is 0 Å². The molecule has 1 heteroatoms. The molecule has 1 aromatic carbocycles. The molecular formula is C15H19Sb. The van der Waals surface area contributed by atoms with Gasteiger partial charge in [0.2, 0.25) is 0 Å². The molecule has 0 aliphatic carbocycles. The van der Waals surface area contributed by atoms with Crippen molar-refractivity contribution in [3.63, 3.8) is 0 Å². The Balaban J connectivity index is 2.51. The van der Waals surface area contributed by atoms with Gasteiger partial charge in [0, 0.05) is 0 Å². The molecule has 0 nitrogen and oxygen atoms in total. The molecule has 0 unspecified atom stereocenters. The Morgan fingerprint density at radius 2 is 1.75 bits per heavy atom. The molecule has 1 aliphatic rings. The first kappa shape index (κ1) is 12.0. The van der Waals surface area contributed by atoms with Crippen LogP contribution in [0.15, 0.2) is 39.9 Å². The average molecular weight is 321 g/mol. The van der Waals surface area contributed by atoms with E-state index < -0.39 is 20.2 Å². The standard InChI is InChI=1S/C14H16.CH3.Sb/c1-14(2,3)12-8-7-11-13-9-5-4-6-10-13;;/h4-9,11H,1-3H3;1H3;. The van der Waals surface area contributed by atoms with E-state index in [-0.39, 0.29) is 0 Å². The number of rotatable bonds is 0. The van der Waals surface area contributed by atoms with Crippen LogP contribution >= 0.6 is 0 Å². The van der Waals surface area contributed by atoms with Crippen molar-refractivity contribution in [3.8, 4) is 0 Å². The van der Waals surface area contributed by atoms with E-state index in [1.165, 1.54) is 5.56 Å². The topological polar surface area (TPSA) is 0 Å². The van der Waals surface area contributed by atoms with Gasteiger partial charge in [-0.3, -0.25) is 0 Å². The molecule has 0 N–H and O–H groups in total. The van der Waals surface area contributed by atoms with Gasteiger partial charge in [0.15, 0.2) is 0 Å². The third kappa shape index (κ3) is 2.27. The number of allylic oxidation sites excluding steroid dienone is 3. The third-order valence-electron chi connectivity index (χ3n) is 2.96. The number of hydrogen-bond acceptors (Lipinski definition) is 0. The number of hydrogen-bond donors (Lipinski definition) is 0. The molecule has 2 rings (SSSR count). The minimum atomic E-state index is -1.45. The van der Waals surface area contributed by atoms with Crippen LogP contribution in [0.2, 0.25) is 4.87 Å². The Kier molecular flexibility index (Phi) is 3.31. The Hall–Kier alpha value is -0.482. The van der Waals surface area contributed by atoms with Crippen LogP contribution in [0.25, 0.3) is 6.08 Å². The van der Waals surface area contributed by atoms with Gasteiger partial charge >= 0.3 is 106 Å². The van der Waals surface area contributed by atoms with E-state index in [4.69, 9.17) is 0 Å². The molecule has 0 aromatic heterocycles. The second-order valence-electron chi connectivity index (χ2n) is 5.28. The van der Waals surface area contributed by atoms with Crippen LogP contribution in [-0.4, -0.2) is 20.2 Å². The quantitative estimate of drug-likeness (QED) is 0.641. The molecule has 1 aliphatic heterocycles. The van der Waals surface area contributed by atoms with Crippen LogP contribution in [0.5, 0.6) is 0 Å². The summed E-state index contributed by atoms with van der Waals surface area (Å²) in [4.78, 5) is 2.49. The summed E-state index contributed by atoms with van der Waals surface area (Å²) in [5.74, 6) is 0. The molecule has 1 heterocycles. The van der Waals surface area contributed by atoms with Gasteiger partial charge < -0.3 is 0 Å². The minimum absolute atomic E-state index is 0.319. The second kappa shape index (κ2) is 4.41. The summed E-state index contributed by atoms with van der Waals surface area (Å²) < 4.78 is 3.32. The second-order valence-corrected chi connectivity index (χ2v) is 11.2. The molecule has 84 valence electrons. The molecule has 0 saturated carbocycles.